The molecule has 0 saturated carbocycles. The Bertz CT molecular complexity index is 836. The van der Waals surface area contributed by atoms with E-state index in [1.54, 1.807) is 7.11 Å². The van der Waals surface area contributed by atoms with Crippen molar-refractivity contribution >= 4 is 43.5 Å². The van der Waals surface area contributed by atoms with Crippen molar-refractivity contribution in [1.29, 1.82) is 0 Å². The topological polar surface area (TPSA) is 32.8 Å². The van der Waals surface area contributed by atoms with Crippen LogP contribution in [-0.4, -0.2) is 43.6 Å². The van der Waals surface area contributed by atoms with Crippen molar-refractivity contribution in [2.45, 2.75) is 25.3 Å². The van der Waals surface area contributed by atoms with Crippen LogP contribution in [0.3, 0.4) is 0 Å². The predicted molar refractivity (Wildman–Crippen MR) is 119 cm³/mol. The molecule has 1 unspecified atom stereocenters. The van der Waals surface area contributed by atoms with E-state index in [4.69, 9.17) is 4.74 Å². The fourth-order valence-corrected chi connectivity index (χ4v) is 6.02. The summed E-state index contributed by atoms with van der Waals surface area (Å²) in [6.07, 6.45) is 2.79. The van der Waals surface area contributed by atoms with Crippen LogP contribution in [0.15, 0.2) is 51.4 Å². The van der Waals surface area contributed by atoms with Gasteiger partial charge in [-0.3, -0.25) is 4.79 Å². The highest BCUT2D eigenvalue weighted by molar-refractivity contribution is 9.11. The van der Waals surface area contributed by atoms with Crippen molar-refractivity contribution in [1.82, 2.24) is 4.90 Å². The Morgan fingerprint density at radius 2 is 1.79 bits per heavy atom. The third kappa shape index (κ3) is 3.94. The van der Waals surface area contributed by atoms with E-state index < -0.39 is 0 Å². The molecule has 4 rings (SSSR count). The molecular formula is C22H24Br2N2O2. The second kappa shape index (κ2) is 8.46. The Hall–Kier alpha value is -1.53. The summed E-state index contributed by atoms with van der Waals surface area (Å²) in [5.74, 6) is 1.16. The third-order valence-corrected chi connectivity index (χ3v) is 7.01. The van der Waals surface area contributed by atoms with Crippen LogP contribution < -0.4 is 9.64 Å². The van der Waals surface area contributed by atoms with Crippen LogP contribution in [0.2, 0.25) is 0 Å². The Labute approximate surface area is 183 Å². The summed E-state index contributed by atoms with van der Waals surface area (Å²) < 4.78 is 7.21. The van der Waals surface area contributed by atoms with Gasteiger partial charge in [-0.1, -0.05) is 18.2 Å². The number of amides is 1. The van der Waals surface area contributed by atoms with Gasteiger partial charge in [-0.15, -0.1) is 0 Å². The number of nitrogens with zero attached hydrogens (tertiary/aromatic N) is 2. The zero-order valence-corrected chi connectivity index (χ0v) is 19.1. The monoisotopic (exact) mass is 506 g/mol. The minimum Gasteiger partial charge on any atom is -0.494 e. The molecule has 1 amide bonds. The molecule has 6 heteroatoms. The summed E-state index contributed by atoms with van der Waals surface area (Å²) in [7, 11) is 1.66. The van der Waals surface area contributed by atoms with Crippen LogP contribution in [0, 0.1) is 5.92 Å². The van der Waals surface area contributed by atoms with Gasteiger partial charge in [-0.25, -0.2) is 0 Å². The normalized spacial score (nSPS) is 22.2. The third-order valence-electron chi connectivity index (χ3n) is 5.83. The molecule has 2 aromatic rings. The van der Waals surface area contributed by atoms with Crippen molar-refractivity contribution in [3.05, 3.63) is 57.0 Å². The van der Waals surface area contributed by atoms with Gasteiger partial charge < -0.3 is 14.5 Å². The number of carbonyl (C=O) groups is 1. The van der Waals surface area contributed by atoms with E-state index >= 15 is 0 Å². The second-order valence-electron chi connectivity index (χ2n) is 7.54. The fraction of sp³-hybridized carbons (Fsp3) is 0.409. The van der Waals surface area contributed by atoms with E-state index in [2.05, 4.69) is 78.1 Å². The molecule has 2 aliphatic rings. The molecule has 2 atom stereocenters. The van der Waals surface area contributed by atoms with Crippen molar-refractivity contribution in [2.75, 3.05) is 31.6 Å². The summed E-state index contributed by atoms with van der Waals surface area (Å²) in [5, 5.41) is 0. The summed E-state index contributed by atoms with van der Waals surface area (Å²) in [4.78, 5) is 17.7. The fourth-order valence-electron chi connectivity index (χ4n) is 4.42. The van der Waals surface area contributed by atoms with Crippen molar-refractivity contribution < 1.29 is 9.53 Å². The van der Waals surface area contributed by atoms with Gasteiger partial charge in [-0.05, 0) is 81.0 Å². The van der Waals surface area contributed by atoms with E-state index in [-0.39, 0.29) is 5.92 Å². The zero-order valence-electron chi connectivity index (χ0n) is 15.9. The first-order chi connectivity index (χ1) is 13.6. The first-order valence-electron chi connectivity index (χ1n) is 9.69. The molecule has 2 aliphatic heterocycles. The van der Waals surface area contributed by atoms with Crippen LogP contribution in [0.25, 0.3) is 0 Å². The zero-order chi connectivity index (χ0) is 19.7. The molecule has 0 spiro atoms. The number of anilines is 1. The number of hydrogen-bond acceptors (Lipinski definition) is 3. The Kier molecular flexibility index (Phi) is 5.97. The summed E-state index contributed by atoms with van der Waals surface area (Å²) >= 11 is 7.13. The van der Waals surface area contributed by atoms with E-state index in [1.165, 1.54) is 5.69 Å². The Balaban J connectivity index is 1.43. The maximum Gasteiger partial charge on any atom is 0.226 e. The number of para-hydroxylation sites is 1. The van der Waals surface area contributed by atoms with Gasteiger partial charge in [0, 0.05) is 37.3 Å². The minimum absolute atomic E-state index is 0.0618. The van der Waals surface area contributed by atoms with Gasteiger partial charge in [-0.2, -0.15) is 0 Å². The lowest BCUT2D eigenvalue weighted by molar-refractivity contribution is -0.142. The molecule has 0 aliphatic carbocycles. The van der Waals surface area contributed by atoms with Gasteiger partial charge in [0.15, 0.2) is 0 Å². The van der Waals surface area contributed by atoms with Crippen molar-refractivity contribution in [3.63, 3.8) is 0 Å². The molecule has 2 heterocycles. The lowest BCUT2D eigenvalue weighted by Crippen LogP contribution is -2.59. The molecule has 4 nitrogen and oxygen atoms in total. The largest absolute Gasteiger partial charge is 0.494 e. The van der Waals surface area contributed by atoms with Crippen LogP contribution in [0.1, 0.15) is 18.4 Å². The van der Waals surface area contributed by atoms with Gasteiger partial charge in [0.05, 0.1) is 16.1 Å². The molecule has 28 heavy (non-hydrogen) atoms. The number of benzene rings is 2. The average molecular weight is 508 g/mol. The lowest BCUT2D eigenvalue weighted by Gasteiger charge is -2.46. The molecule has 0 N–H and O–H groups in total. The number of rotatable bonds is 4. The molecule has 148 valence electrons. The quantitative estimate of drug-likeness (QED) is 0.590. The van der Waals surface area contributed by atoms with Crippen LogP contribution >= 0.6 is 31.9 Å². The van der Waals surface area contributed by atoms with Crippen molar-refractivity contribution in [3.8, 4) is 5.75 Å². The SMILES string of the molecule is COc1c(Br)cc(CC2CC[C@H]3CN(c4ccccc4)CCN3C2=O)cc1Br. The van der Waals surface area contributed by atoms with Gasteiger partial charge >= 0.3 is 0 Å². The van der Waals surface area contributed by atoms with E-state index in [9.17, 15) is 4.79 Å². The van der Waals surface area contributed by atoms with E-state index in [0.29, 0.717) is 11.9 Å². The molecule has 0 aromatic heterocycles. The van der Waals surface area contributed by atoms with Gasteiger partial charge in [0.1, 0.15) is 5.75 Å². The Morgan fingerprint density at radius 1 is 1.07 bits per heavy atom. The number of carbonyl (C=O) groups excluding carboxylic acids is 1. The second-order valence-corrected chi connectivity index (χ2v) is 9.25. The maximum atomic E-state index is 13.2. The van der Waals surface area contributed by atoms with Gasteiger partial charge in [0.2, 0.25) is 5.91 Å². The molecule has 2 aromatic carbocycles. The number of piperidine rings is 1. The molecule has 2 fully saturated rings. The van der Waals surface area contributed by atoms with Gasteiger partial charge in [0.25, 0.3) is 0 Å². The summed E-state index contributed by atoms with van der Waals surface area (Å²) in [5.41, 5.74) is 2.41. The summed E-state index contributed by atoms with van der Waals surface area (Å²) in [6.45, 7) is 2.64. The highest BCUT2D eigenvalue weighted by Crippen LogP contribution is 2.36. The molecule has 0 bridgehead atoms. The number of ether oxygens (including phenoxy) is 1. The van der Waals surface area contributed by atoms with E-state index in [0.717, 1.165) is 59.2 Å². The van der Waals surface area contributed by atoms with E-state index in [1.807, 2.05) is 6.07 Å². The average Bonchev–Trinajstić information content (AvgIpc) is 2.70. The minimum atomic E-state index is 0.0618. The first-order valence-corrected chi connectivity index (χ1v) is 11.3. The number of hydrogen-bond donors (Lipinski definition) is 0. The highest BCUT2D eigenvalue weighted by Gasteiger charge is 2.38. The first kappa shape index (κ1) is 19.8. The maximum absolute atomic E-state index is 13.2. The smallest absolute Gasteiger partial charge is 0.226 e. The summed E-state index contributed by atoms with van der Waals surface area (Å²) in [6, 6.07) is 15.0. The van der Waals surface area contributed by atoms with Crippen LogP contribution in [0.5, 0.6) is 5.75 Å². The molecule has 0 radical (unpaired) electrons. The standard InChI is InChI=1S/C22H24Br2N2O2/c1-28-21-19(23)12-15(13-20(21)24)11-16-7-8-18-14-25(9-10-26(18)22(16)27)17-5-3-2-4-6-17/h2-6,12-13,16,18H,7-11,14H2,1H3/t16?,18-/m0/s1. The number of piperazine rings is 1. The number of methoxy groups -OCH3 is 1. The van der Waals surface area contributed by atoms with Crippen molar-refractivity contribution in [2.24, 2.45) is 5.92 Å². The Morgan fingerprint density at radius 3 is 2.46 bits per heavy atom. The number of fused-ring (bicyclic) bond motifs is 1. The van der Waals surface area contributed by atoms with Crippen LogP contribution in [0.4, 0.5) is 5.69 Å². The molecular weight excluding hydrogens is 484 g/mol. The lowest BCUT2D eigenvalue weighted by atomic mass is 9.86. The van der Waals surface area contributed by atoms with Crippen LogP contribution in [-0.2, 0) is 11.2 Å². The molecule has 2 saturated heterocycles. The highest BCUT2D eigenvalue weighted by atomic mass is 79.9. The predicted octanol–water partition coefficient (Wildman–Crippen LogP) is 4.89. The number of halogens is 2.